The molecule has 1 aliphatic heterocycles. The zero-order valence-corrected chi connectivity index (χ0v) is 11.1. The minimum atomic E-state index is -1.02. The Labute approximate surface area is 120 Å². The van der Waals surface area contributed by atoms with Gasteiger partial charge in [0.1, 0.15) is 0 Å². The molecule has 0 bridgehead atoms. The van der Waals surface area contributed by atoms with Gasteiger partial charge in [0.05, 0.1) is 11.3 Å². The summed E-state index contributed by atoms with van der Waals surface area (Å²) in [6.45, 7) is 0.493. The van der Waals surface area contributed by atoms with E-state index in [1.807, 2.05) is 0 Å². The summed E-state index contributed by atoms with van der Waals surface area (Å²) in [7, 11) is 0. The lowest BCUT2D eigenvalue weighted by atomic mass is 10.1. The van der Waals surface area contributed by atoms with E-state index in [1.54, 1.807) is 24.3 Å². The summed E-state index contributed by atoms with van der Waals surface area (Å²) >= 11 is 0. The Morgan fingerprint density at radius 2 is 2.10 bits per heavy atom. The number of hydrogen-bond acceptors (Lipinski definition) is 4. The van der Waals surface area contributed by atoms with Gasteiger partial charge in [-0.25, -0.2) is 9.78 Å². The summed E-state index contributed by atoms with van der Waals surface area (Å²) in [6, 6.07) is 8.08. The number of nitrogens with two attached hydrogens (primary N) is 1. The van der Waals surface area contributed by atoms with Crippen LogP contribution in [-0.4, -0.2) is 28.5 Å². The Kier molecular flexibility index (Phi) is 3.06. The smallest absolute Gasteiger partial charge is 0.335 e. The molecule has 0 fully saturated rings. The van der Waals surface area contributed by atoms with E-state index in [1.165, 1.54) is 17.2 Å². The second-order valence-electron chi connectivity index (χ2n) is 4.80. The number of nitrogens with zero attached hydrogens (tertiary/aromatic N) is 2. The van der Waals surface area contributed by atoms with Gasteiger partial charge < -0.3 is 15.7 Å². The number of aromatic carboxylic acids is 1. The molecule has 1 amide bonds. The van der Waals surface area contributed by atoms with Gasteiger partial charge in [-0.2, -0.15) is 0 Å². The van der Waals surface area contributed by atoms with Gasteiger partial charge in [-0.1, -0.05) is 6.07 Å². The molecule has 1 aliphatic rings. The predicted octanol–water partition coefficient (Wildman–Crippen LogP) is 1.56. The number of carbonyl (C=O) groups is 2. The Morgan fingerprint density at radius 3 is 2.81 bits per heavy atom. The van der Waals surface area contributed by atoms with Crippen molar-refractivity contribution in [3.63, 3.8) is 0 Å². The Balaban J connectivity index is 2.01. The number of anilines is 2. The van der Waals surface area contributed by atoms with Crippen molar-refractivity contribution in [3.05, 3.63) is 53.3 Å². The molecule has 3 N–H and O–H groups in total. The van der Waals surface area contributed by atoms with Gasteiger partial charge in [0.2, 0.25) is 0 Å². The maximum absolute atomic E-state index is 12.5. The number of pyridine rings is 1. The van der Waals surface area contributed by atoms with E-state index >= 15 is 0 Å². The molecule has 1 aromatic carbocycles. The van der Waals surface area contributed by atoms with E-state index in [9.17, 15) is 9.59 Å². The number of carbonyl (C=O) groups excluding carboxylic acids is 1. The van der Waals surface area contributed by atoms with Gasteiger partial charge in [0.15, 0.2) is 5.69 Å². The fourth-order valence-electron chi connectivity index (χ4n) is 2.45. The minimum Gasteiger partial charge on any atom is -0.478 e. The van der Waals surface area contributed by atoms with Gasteiger partial charge in [-0.05, 0) is 36.2 Å². The lowest BCUT2D eigenvalue weighted by Crippen LogP contribution is -2.30. The second kappa shape index (κ2) is 4.90. The largest absolute Gasteiger partial charge is 0.478 e. The zero-order chi connectivity index (χ0) is 15.0. The van der Waals surface area contributed by atoms with E-state index < -0.39 is 5.97 Å². The molecule has 0 saturated carbocycles. The highest BCUT2D eigenvalue weighted by molar-refractivity contribution is 6.09. The Hall–Kier alpha value is -2.89. The fraction of sp³-hybridized carbons (Fsp3) is 0.133. The second-order valence-corrected chi connectivity index (χ2v) is 4.80. The van der Waals surface area contributed by atoms with Crippen LogP contribution in [-0.2, 0) is 6.42 Å². The van der Waals surface area contributed by atoms with Crippen LogP contribution in [0.4, 0.5) is 11.4 Å². The maximum Gasteiger partial charge on any atom is 0.335 e. The summed E-state index contributed by atoms with van der Waals surface area (Å²) in [4.78, 5) is 29.2. The lowest BCUT2D eigenvalue weighted by Gasteiger charge is -2.18. The van der Waals surface area contributed by atoms with Gasteiger partial charge in [-0.15, -0.1) is 0 Å². The Bertz CT molecular complexity index is 743. The molecule has 106 valence electrons. The van der Waals surface area contributed by atoms with Crippen molar-refractivity contribution in [2.24, 2.45) is 0 Å². The highest BCUT2D eigenvalue weighted by Gasteiger charge is 2.28. The summed E-state index contributed by atoms with van der Waals surface area (Å²) in [5.74, 6) is -1.33. The highest BCUT2D eigenvalue weighted by Crippen LogP contribution is 2.30. The number of fused-ring (bicyclic) bond motifs is 1. The molecule has 0 unspecified atom stereocenters. The number of carboxylic acids is 1. The van der Waals surface area contributed by atoms with Crippen LogP contribution in [0, 0.1) is 0 Å². The van der Waals surface area contributed by atoms with Crippen LogP contribution >= 0.6 is 0 Å². The normalized spacial score (nSPS) is 13.0. The quantitative estimate of drug-likeness (QED) is 0.872. The molecule has 2 aromatic rings. The van der Waals surface area contributed by atoms with E-state index in [2.05, 4.69) is 4.98 Å². The molecule has 0 saturated heterocycles. The van der Waals surface area contributed by atoms with Crippen molar-refractivity contribution in [1.29, 1.82) is 0 Å². The number of hydrogen-bond donors (Lipinski definition) is 2. The first-order valence-electron chi connectivity index (χ1n) is 6.46. The number of aromatic nitrogens is 1. The molecule has 6 nitrogen and oxygen atoms in total. The number of benzene rings is 1. The summed E-state index contributed by atoms with van der Waals surface area (Å²) in [6.07, 6.45) is 2.20. The fourth-order valence-corrected chi connectivity index (χ4v) is 2.45. The number of nitrogen functional groups attached to an aromatic ring is 1. The van der Waals surface area contributed by atoms with Crippen LogP contribution in [0.15, 0.2) is 36.5 Å². The average Bonchev–Trinajstić information content (AvgIpc) is 2.90. The van der Waals surface area contributed by atoms with Gasteiger partial charge in [0, 0.05) is 18.4 Å². The summed E-state index contributed by atoms with van der Waals surface area (Å²) in [5.41, 5.74) is 8.00. The van der Waals surface area contributed by atoms with Crippen LogP contribution in [0.1, 0.15) is 26.4 Å². The van der Waals surface area contributed by atoms with Gasteiger partial charge in [0.25, 0.3) is 5.91 Å². The molecule has 0 aliphatic carbocycles. The molecule has 1 aromatic heterocycles. The molecule has 2 heterocycles. The lowest BCUT2D eigenvalue weighted by molar-refractivity contribution is 0.0696. The van der Waals surface area contributed by atoms with Crippen molar-refractivity contribution in [2.75, 3.05) is 17.2 Å². The Morgan fingerprint density at radius 1 is 1.29 bits per heavy atom. The monoisotopic (exact) mass is 283 g/mol. The number of amides is 1. The third kappa shape index (κ3) is 2.20. The minimum absolute atomic E-state index is 0.155. The molecular weight excluding hydrogens is 270 g/mol. The molecule has 0 radical (unpaired) electrons. The first-order chi connectivity index (χ1) is 10.1. The van der Waals surface area contributed by atoms with Crippen LogP contribution in [0.3, 0.4) is 0 Å². The van der Waals surface area contributed by atoms with Crippen molar-refractivity contribution in [3.8, 4) is 0 Å². The predicted molar refractivity (Wildman–Crippen MR) is 77.4 cm³/mol. The molecule has 21 heavy (non-hydrogen) atoms. The topological polar surface area (TPSA) is 96.5 Å². The van der Waals surface area contributed by atoms with Crippen molar-refractivity contribution >= 4 is 23.3 Å². The van der Waals surface area contributed by atoms with E-state index in [4.69, 9.17) is 10.8 Å². The average molecular weight is 283 g/mol. The molecule has 0 spiro atoms. The third-order valence-electron chi connectivity index (χ3n) is 3.51. The summed E-state index contributed by atoms with van der Waals surface area (Å²) < 4.78 is 0. The SMILES string of the molecule is Nc1cccnc1C(=O)N1CCc2ccc(C(=O)O)cc21. The van der Waals surface area contributed by atoms with E-state index in [0.29, 0.717) is 24.3 Å². The van der Waals surface area contributed by atoms with Crippen molar-refractivity contribution in [2.45, 2.75) is 6.42 Å². The van der Waals surface area contributed by atoms with Crippen LogP contribution in [0.5, 0.6) is 0 Å². The standard InChI is InChI=1S/C15H13N3O3/c16-11-2-1-6-17-13(11)14(19)18-7-5-9-3-4-10(15(20)21)8-12(9)18/h1-4,6,8H,5,7,16H2,(H,20,21). The van der Waals surface area contributed by atoms with Crippen LogP contribution in [0.25, 0.3) is 0 Å². The van der Waals surface area contributed by atoms with Crippen molar-refractivity contribution < 1.29 is 14.7 Å². The summed E-state index contributed by atoms with van der Waals surface area (Å²) in [5, 5.41) is 9.07. The number of rotatable bonds is 2. The van der Waals surface area contributed by atoms with E-state index in [0.717, 1.165) is 5.56 Å². The van der Waals surface area contributed by atoms with Crippen LogP contribution in [0.2, 0.25) is 0 Å². The highest BCUT2D eigenvalue weighted by atomic mass is 16.4. The molecule has 6 heteroatoms. The number of carboxylic acid groups (broad SMARTS) is 1. The first kappa shape index (κ1) is 13.1. The molecule has 3 rings (SSSR count). The van der Waals surface area contributed by atoms with Gasteiger partial charge >= 0.3 is 5.97 Å². The molecule has 0 atom stereocenters. The zero-order valence-electron chi connectivity index (χ0n) is 11.1. The van der Waals surface area contributed by atoms with Crippen LogP contribution < -0.4 is 10.6 Å². The molecular formula is C15H13N3O3. The first-order valence-corrected chi connectivity index (χ1v) is 6.46. The third-order valence-corrected chi connectivity index (χ3v) is 3.51. The van der Waals surface area contributed by atoms with Gasteiger partial charge in [-0.3, -0.25) is 4.79 Å². The van der Waals surface area contributed by atoms with Crippen molar-refractivity contribution in [1.82, 2.24) is 4.98 Å². The van der Waals surface area contributed by atoms with E-state index in [-0.39, 0.29) is 17.2 Å². The maximum atomic E-state index is 12.5.